The van der Waals surface area contributed by atoms with Gasteiger partial charge in [0.25, 0.3) is 10.1 Å². The van der Waals surface area contributed by atoms with E-state index in [9.17, 15) is 22.3 Å². The fraction of sp³-hybridized carbons (Fsp3) is 0.297. The van der Waals surface area contributed by atoms with Crippen molar-refractivity contribution in [2.75, 3.05) is 26.6 Å². The van der Waals surface area contributed by atoms with Crippen molar-refractivity contribution in [2.24, 2.45) is 0 Å². The van der Waals surface area contributed by atoms with Crippen LogP contribution in [0, 0.1) is 13.8 Å². The Morgan fingerprint density at radius 2 is 1.17 bits per heavy atom. The van der Waals surface area contributed by atoms with E-state index >= 15 is 0 Å². The van der Waals surface area contributed by atoms with Gasteiger partial charge in [0, 0.05) is 0 Å². The third-order valence-corrected chi connectivity index (χ3v) is 8.30. The zero-order chi connectivity index (χ0) is 32.3. The van der Waals surface area contributed by atoms with Crippen molar-refractivity contribution in [2.45, 2.75) is 52.4 Å². The molecule has 0 atom stereocenters. The molecule has 0 spiro atoms. The Bertz CT molecular complexity index is 1760. The summed E-state index contributed by atoms with van der Waals surface area (Å²) < 4.78 is 57.8. The van der Waals surface area contributed by atoms with E-state index in [2.05, 4.69) is 25.0 Å². The molecule has 0 amide bonds. The molecule has 9 heteroatoms. The van der Waals surface area contributed by atoms with Crippen LogP contribution in [0.15, 0.2) is 102 Å². The Kier molecular flexibility index (Phi) is 16.9. The first-order valence-electron chi connectivity index (χ1n) is 14.3. The summed E-state index contributed by atoms with van der Waals surface area (Å²) in [5.41, 5.74) is 2.26. The minimum absolute atomic E-state index is 0. The van der Waals surface area contributed by atoms with Gasteiger partial charge in [-0.25, -0.2) is 8.78 Å². The van der Waals surface area contributed by atoms with Crippen LogP contribution < -0.4 is 39.4 Å². The number of hydrogen-bond acceptors (Lipinski definition) is 5. The number of hydrogen-bond donors (Lipinski definition) is 0. The number of halogens is 2. The van der Waals surface area contributed by atoms with Gasteiger partial charge in [-0.05, 0) is 69.6 Å². The number of alkyl halides is 2. The van der Waals surface area contributed by atoms with Crippen molar-refractivity contribution in [3.05, 3.63) is 114 Å². The molecule has 0 bridgehead atoms. The molecule has 0 aliphatic carbocycles. The second-order valence-corrected chi connectivity index (χ2v) is 12.8. The maximum atomic E-state index is 12.1. The second-order valence-electron chi connectivity index (χ2n) is 11.2. The Balaban J connectivity index is 0.000000349. The number of ether oxygens (including phenoxy) is 1. The van der Waals surface area contributed by atoms with Crippen LogP contribution in [0.3, 0.4) is 0 Å². The first-order valence-corrected chi connectivity index (χ1v) is 15.7. The normalized spacial score (nSPS) is 10.8. The minimum atomic E-state index is -3.89. The van der Waals surface area contributed by atoms with E-state index in [0.717, 1.165) is 27.5 Å². The summed E-state index contributed by atoms with van der Waals surface area (Å²) in [7, 11) is -3.89. The zero-order valence-corrected chi connectivity index (χ0v) is 29.6. The van der Waals surface area contributed by atoms with E-state index in [1.165, 1.54) is 5.39 Å². The fourth-order valence-electron chi connectivity index (χ4n) is 4.56. The van der Waals surface area contributed by atoms with Crippen LogP contribution in [0.4, 0.5) is 8.78 Å². The topological polar surface area (TPSA) is 75.7 Å². The molecule has 0 fully saturated rings. The van der Waals surface area contributed by atoms with Gasteiger partial charge in [0.15, 0.2) is 0 Å². The average Bonchev–Trinajstić information content (AvgIpc) is 2.98. The van der Waals surface area contributed by atoms with E-state index < -0.39 is 30.1 Å². The zero-order valence-electron chi connectivity index (χ0n) is 26.8. The number of rotatable bonds is 7. The van der Waals surface area contributed by atoms with Gasteiger partial charge in [0.05, 0.1) is 11.5 Å². The molecule has 0 aromatic heterocycles. The average molecular weight is 661 g/mol. The second kappa shape index (κ2) is 19.0. The molecule has 0 saturated heterocycles. The van der Waals surface area contributed by atoms with Crippen LogP contribution in [-0.4, -0.2) is 35.0 Å². The van der Waals surface area contributed by atoms with E-state index in [4.69, 9.17) is 4.74 Å². The summed E-state index contributed by atoms with van der Waals surface area (Å²) in [5, 5.41) is 15.3. The summed E-state index contributed by atoms with van der Waals surface area (Å²) in [6.45, 7) is 8.06. The molecular formula is C37H43F2NaO5S. The molecular weight excluding hydrogens is 617 g/mol. The third-order valence-electron chi connectivity index (χ3n) is 6.68. The van der Waals surface area contributed by atoms with Crippen molar-refractivity contribution >= 4 is 31.7 Å². The van der Waals surface area contributed by atoms with Crippen LogP contribution in [-0.2, 0) is 19.7 Å². The standard InChI is InChI=1S/C14H21FO3S.C12H11FO.C10H8O.CH4.Na/c1-10-8-12(14(3,4)5)9-11(2)13(10)19(16,17)18-7-6-15;13-7-8-14-12-6-5-10-3-1-2-4-11(10)9-12;11-10-6-5-8-3-1-2-4-9(8)7-10;;/h8-9H,6-7H2,1-5H3;1-6,9H,7-8H2;1-7,11H;1H4;/q;;;;+1/p-1. The van der Waals surface area contributed by atoms with Gasteiger partial charge in [-0.2, -0.15) is 8.42 Å². The first kappa shape index (κ1) is 41.0. The maximum absolute atomic E-state index is 12.1. The molecule has 5 rings (SSSR count). The summed E-state index contributed by atoms with van der Waals surface area (Å²) in [4.78, 5) is 0.147. The largest absolute Gasteiger partial charge is 1.00 e. The SMILES string of the molecule is C.Cc1cc(C(C)(C)C)cc(C)c1S(=O)(=O)OCCF.FCCOc1ccc2ccccc2c1.[Na+].[O-]c1ccc2ccccc2c1. The molecule has 5 nitrogen and oxygen atoms in total. The Morgan fingerprint density at radius 1 is 0.696 bits per heavy atom. The van der Waals surface area contributed by atoms with Crippen LogP contribution in [0.25, 0.3) is 21.5 Å². The van der Waals surface area contributed by atoms with Crippen LogP contribution in [0.1, 0.15) is 44.9 Å². The molecule has 0 radical (unpaired) electrons. The molecule has 242 valence electrons. The van der Waals surface area contributed by atoms with Crippen molar-refractivity contribution in [3.63, 3.8) is 0 Å². The molecule has 5 aromatic rings. The van der Waals surface area contributed by atoms with Crippen molar-refractivity contribution in [1.29, 1.82) is 0 Å². The van der Waals surface area contributed by atoms with Crippen LogP contribution >= 0.6 is 0 Å². The van der Waals surface area contributed by atoms with Gasteiger partial charge < -0.3 is 9.84 Å². The smallest absolute Gasteiger partial charge is 0.872 e. The fourth-order valence-corrected chi connectivity index (χ4v) is 5.87. The van der Waals surface area contributed by atoms with E-state index in [-0.39, 0.29) is 59.7 Å². The maximum Gasteiger partial charge on any atom is 1.00 e. The summed E-state index contributed by atoms with van der Waals surface area (Å²) >= 11 is 0. The molecule has 46 heavy (non-hydrogen) atoms. The van der Waals surface area contributed by atoms with Crippen molar-refractivity contribution < 1.29 is 60.8 Å². The molecule has 0 aliphatic heterocycles. The van der Waals surface area contributed by atoms with Gasteiger partial charge in [-0.1, -0.05) is 113 Å². The number of aryl methyl sites for hydroxylation is 2. The monoisotopic (exact) mass is 660 g/mol. The van der Waals surface area contributed by atoms with Gasteiger partial charge in [-0.15, -0.1) is 5.75 Å². The molecule has 0 saturated carbocycles. The summed E-state index contributed by atoms with van der Waals surface area (Å²) in [6, 6.07) is 30.4. The van der Waals surface area contributed by atoms with Crippen LogP contribution in [0.5, 0.6) is 11.5 Å². The van der Waals surface area contributed by atoms with Crippen molar-refractivity contribution in [3.8, 4) is 11.5 Å². The first-order chi connectivity index (χ1) is 20.9. The van der Waals surface area contributed by atoms with E-state index in [1.54, 1.807) is 26.0 Å². The third kappa shape index (κ3) is 12.0. The quantitative estimate of drug-likeness (QED) is 0.158. The van der Waals surface area contributed by atoms with Gasteiger partial charge in [0.1, 0.15) is 25.7 Å². The van der Waals surface area contributed by atoms with Gasteiger partial charge in [0.2, 0.25) is 0 Å². The Morgan fingerprint density at radius 3 is 1.67 bits per heavy atom. The Hall–Kier alpha value is -3.01. The minimum Gasteiger partial charge on any atom is -0.872 e. The summed E-state index contributed by atoms with van der Waals surface area (Å²) in [6.07, 6.45) is 0. The van der Waals surface area contributed by atoms with Crippen molar-refractivity contribution in [1.82, 2.24) is 0 Å². The predicted molar refractivity (Wildman–Crippen MR) is 179 cm³/mol. The number of fused-ring (bicyclic) bond motifs is 2. The molecule has 0 unspecified atom stereocenters. The predicted octanol–water partition coefficient (Wildman–Crippen LogP) is 6.02. The Labute approximate surface area is 295 Å². The van der Waals surface area contributed by atoms with E-state index in [1.807, 2.05) is 84.9 Å². The van der Waals surface area contributed by atoms with Crippen LogP contribution in [0.2, 0.25) is 0 Å². The number of benzene rings is 5. The molecule has 0 heterocycles. The molecule has 0 aliphatic rings. The molecule has 5 aromatic carbocycles. The van der Waals surface area contributed by atoms with Gasteiger partial charge >= 0.3 is 29.6 Å². The molecule has 0 N–H and O–H groups in total. The summed E-state index contributed by atoms with van der Waals surface area (Å²) in [5.74, 6) is 0.796. The van der Waals surface area contributed by atoms with E-state index in [0.29, 0.717) is 11.1 Å². The van der Waals surface area contributed by atoms with Gasteiger partial charge in [-0.3, -0.25) is 4.18 Å².